The second-order valence-electron chi connectivity index (χ2n) is 5.22. The molecule has 0 bridgehead atoms. The Hall–Kier alpha value is -3.43. The van der Waals surface area contributed by atoms with Gasteiger partial charge in [0.2, 0.25) is 0 Å². The van der Waals surface area contributed by atoms with Crippen LogP contribution in [0.1, 0.15) is 5.56 Å². The third-order valence-corrected chi connectivity index (χ3v) is 3.63. The van der Waals surface area contributed by atoms with Gasteiger partial charge in [0, 0.05) is 4.91 Å². The van der Waals surface area contributed by atoms with Gasteiger partial charge in [0.05, 0.1) is 17.1 Å². The molecule has 0 saturated carbocycles. The zero-order valence-electron chi connectivity index (χ0n) is 13.2. The first-order valence-electron chi connectivity index (χ1n) is 7.50. The Morgan fingerprint density at radius 1 is 0.750 bits per heavy atom. The summed E-state index contributed by atoms with van der Waals surface area (Å²) in [6.45, 7) is 1.98. The Morgan fingerprint density at radius 3 is 2.17 bits per heavy atom. The molecule has 24 heavy (non-hydrogen) atoms. The largest absolute Gasteiger partial charge is 0.150 e. The van der Waals surface area contributed by atoms with Crippen molar-refractivity contribution in [3.8, 4) is 11.1 Å². The molecule has 116 valence electrons. The van der Waals surface area contributed by atoms with E-state index >= 15 is 0 Å². The van der Waals surface area contributed by atoms with Crippen molar-refractivity contribution in [1.29, 1.82) is 0 Å². The molecule has 0 aromatic heterocycles. The summed E-state index contributed by atoms with van der Waals surface area (Å²) in [7, 11) is 0. The minimum absolute atomic E-state index is 0.475. The minimum atomic E-state index is 0.475. The van der Waals surface area contributed by atoms with Crippen LogP contribution < -0.4 is 0 Å². The lowest BCUT2D eigenvalue weighted by molar-refractivity contribution is 1.20. The molecule has 0 aliphatic heterocycles. The lowest BCUT2D eigenvalue weighted by atomic mass is 10.0. The van der Waals surface area contributed by atoms with Crippen molar-refractivity contribution in [1.82, 2.24) is 0 Å². The van der Waals surface area contributed by atoms with E-state index < -0.39 is 0 Å². The summed E-state index contributed by atoms with van der Waals surface area (Å²) in [5.74, 6) is 0. The first-order chi connectivity index (χ1) is 11.8. The van der Waals surface area contributed by atoms with E-state index in [-0.39, 0.29) is 0 Å². The van der Waals surface area contributed by atoms with Crippen molar-refractivity contribution in [2.75, 3.05) is 0 Å². The summed E-state index contributed by atoms with van der Waals surface area (Å²) in [5.41, 5.74) is 13.6. The van der Waals surface area contributed by atoms with E-state index in [2.05, 4.69) is 20.3 Å². The molecule has 3 aromatic rings. The fourth-order valence-corrected chi connectivity index (χ4v) is 2.40. The Labute approximate surface area is 139 Å². The van der Waals surface area contributed by atoms with Gasteiger partial charge in [-0.1, -0.05) is 65.8 Å². The number of rotatable bonds is 4. The highest BCUT2D eigenvalue weighted by Gasteiger charge is 2.08. The molecule has 0 spiro atoms. The molecule has 5 nitrogen and oxygen atoms in total. The molecule has 5 heteroatoms. The molecule has 0 atom stereocenters. The summed E-state index contributed by atoms with van der Waals surface area (Å²) in [4.78, 5) is 2.95. The van der Waals surface area contributed by atoms with Crippen LogP contribution in [-0.2, 0) is 0 Å². The summed E-state index contributed by atoms with van der Waals surface area (Å²) >= 11 is 0. The van der Waals surface area contributed by atoms with E-state index in [0.717, 1.165) is 22.4 Å². The maximum absolute atomic E-state index is 8.93. The standard InChI is InChI=1S/C19H15N5/c1-14-8-5-6-12-17(14)21-22-18-13-7-11-16(19(18)23-24-20)15-9-3-2-4-10-15/h2-13H,1H3. The Balaban J connectivity index is 2.09. The van der Waals surface area contributed by atoms with Gasteiger partial charge in [-0.25, -0.2) is 0 Å². The number of azo groups is 1. The van der Waals surface area contributed by atoms with Gasteiger partial charge in [-0.3, -0.25) is 0 Å². The average Bonchev–Trinajstić information content (AvgIpc) is 2.63. The van der Waals surface area contributed by atoms with Crippen LogP contribution in [0, 0.1) is 6.92 Å². The zero-order chi connectivity index (χ0) is 16.8. The van der Waals surface area contributed by atoms with Crippen molar-refractivity contribution in [3.05, 3.63) is 88.8 Å². The summed E-state index contributed by atoms with van der Waals surface area (Å²) in [5, 5.41) is 12.4. The lowest BCUT2D eigenvalue weighted by Gasteiger charge is -2.07. The number of benzene rings is 3. The highest BCUT2D eigenvalue weighted by Crippen LogP contribution is 2.39. The predicted molar refractivity (Wildman–Crippen MR) is 96.0 cm³/mol. The van der Waals surface area contributed by atoms with Gasteiger partial charge in [0.1, 0.15) is 0 Å². The molecule has 3 rings (SSSR count). The zero-order valence-corrected chi connectivity index (χ0v) is 13.2. The van der Waals surface area contributed by atoms with E-state index in [1.54, 1.807) is 6.07 Å². The van der Waals surface area contributed by atoms with Gasteiger partial charge in [0.25, 0.3) is 0 Å². The van der Waals surface area contributed by atoms with Gasteiger partial charge in [0.15, 0.2) is 0 Å². The topological polar surface area (TPSA) is 73.5 Å². The van der Waals surface area contributed by atoms with Crippen LogP contribution in [0.3, 0.4) is 0 Å². The van der Waals surface area contributed by atoms with Crippen molar-refractivity contribution in [2.45, 2.75) is 6.92 Å². The Kier molecular flexibility index (Phi) is 4.65. The predicted octanol–water partition coefficient (Wildman–Crippen LogP) is 7.02. The fraction of sp³-hybridized carbons (Fsp3) is 0.0526. The summed E-state index contributed by atoms with van der Waals surface area (Å²) in [6, 6.07) is 23.1. The van der Waals surface area contributed by atoms with Crippen LogP contribution in [0.25, 0.3) is 21.6 Å². The number of nitrogens with zero attached hydrogens (tertiary/aromatic N) is 5. The van der Waals surface area contributed by atoms with Crippen LogP contribution in [0.15, 0.2) is 88.1 Å². The van der Waals surface area contributed by atoms with Crippen LogP contribution in [0.4, 0.5) is 17.1 Å². The number of azide groups is 1. The van der Waals surface area contributed by atoms with Gasteiger partial charge in [-0.05, 0) is 41.3 Å². The molecule has 0 heterocycles. The second kappa shape index (κ2) is 7.22. The minimum Gasteiger partial charge on any atom is -0.150 e. The molecular formula is C19H15N5. The number of hydrogen-bond donors (Lipinski definition) is 0. The fourth-order valence-electron chi connectivity index (χ4n) is 2.40. The third kappa shape index (κ3) is 3.32. The van der Waals surface area contributed by atoms with Crippen molar-refractivity contribution in [2.24, 2.45) is 15.3 Å². The molecule has 0 amide bonds. The van der Waals surface area contributed by atoms with Gasteiger partial charge in [-0.2, -0.15) is 10.2 Å². The monoisotopic (exact) mass is 313 g/mol. The normalized spacial score (nSPS) is 10.5. The molecule has 0 aliphatic carbocycles. The first kappa shape index (κ1) is 15.5. The van der Waals surface area contributed by atoms with Gasteiger partial charge < -0.3 is 0 Å². The molecule has 0 N–H and O–H groups in total. The highest BCUT2D eigenvalue weighted by atomic mass is 15.2. The van der Waals surface area contributed by atoms with Crippen LogP contribution in [0.2, 0.25) is 0 Å². The maximum atomic E-state index is 8.93. The second-order valence-corrected chi connectivity index (χ2v) is 5.22. The van der Waals surface area contributed by atoms with Crippen molar-refractivity contribution < 1.29 is 0 Å². The third-order valence-electron chi connectivity index (χ3n) is 3.63. The molecule has 0 unspecified atom stereocenters. The van der Waals surface area contributed by atoms with Crippen molar-refractivity contribution in [3.63, 3.8) is 0 Å². The summed E-state index contributed by atoms with van der Waals surface area (Å²) in [6.07, 6.45) is 0. The molecule has 0 saturated heterocycles. The van der Waals surface area contributed by atoms with Crippen molar-refractivity contribution >= 4 is 17.1 Å². The maximum Gasteiger partial charge on any atom is 0.0958 e. The number of aryl methyl sites for hydroxylation is 1. The Bertz CT molecular complexity index is 925. The van der Waals surface area contributed by atoms with E-state index in [0.29, 0.717) is 11.4 Å². The molecule has 3 aromatic carbocycles. The van der Waals surface area contributed by atoms with Crippen LogP contribution >= 0.6 is 0 Å². The van der Waals surface area contributed by atoms with E-state index in [1.165, 1.54) is 0 Å². The SMILES string of the molecule is Cc1ccccc1N=Nc1cccc(-c2ccccc2)c1N=[N+]=[N-]. The molecule has 0 aliphatic rings. The highest BCUT2D eigenvalue weighted by molar-refractivity contribution is 5.83. The smallest absolute Gasteiger partial charge is 0.0958 e. The quantitative estimate of drug-likeness (QED) is 0.282. The first-order valence-corrected chi connectivity index (χ1v) is 7.50. The molecular weight excluding hydrogens is 298 g/mol. The lowest BCUT2D eigenvalue weighted by Crippen LogP contribution is -1.79. The summed E-state index contributed by atoms with van der Waals surface area (Å²) < 4.78 is 0. The van der Waals surface area contributed by atoms with Crippen LogP contribution in [-0.4, -0.2) is 0 Å². The number of hydrogen-bond acceptors (Lipinski definition) is 3. The molecule has 0 radical (unpaired) electrons. The Morgan fingerprint density at radius 2 is 1.42 bits per heavy atom. The molecule has 0 fully saturated rings. The van der Waals surface area contributed by atoms with E-state index in [9.17, 15) is 0 Å². The van der Waals surface area contributed by atoms with Crippen LogP contribution in [0.5, 0.6) is 0 Å². The van der Waals surface area contributed by atoms with E-state index in [1.807, 2.05) is 73.7 Å². The van der Waals surface area contributed by atoms with Gasteiger partial charge >= 0.3 is 0 Å². The average molecular weight is 313 g/mol. The van der Waals surface area contributed by atoms with E-state index in [4.69, 9.17) is 5.53 Å². The van der Waals surface area contributed by atoms with Gasteiger partial charge in [-0.15, -0.1) is 0 Å².